The van der Waals surface area contributed by atoms with Crippen LogP contribution in [0.5, 0.6) is 11.5 Å². The van der Waals surface area contributed by atoms with Crippen molar-refractivity contribution in [3.05, 3.63) is 59.7 Å². The molecule has 0 aliphatic heterocycles. The maximum absolute atomic E-state index is 12.8. The quantitative estimate of drug-likeness (QED) is 0.0600. The van der Waals surface area contributed by atoms with E-state index in [2.05, 4.69) is 147 Å². The van der Waals surface area contributed by atoms with Gasteiger partial charge < -0.3 is 41.8 Å². The van der Waals surface area contributed by atoms with Gasteiger partial charge in [-0.1, -0.05) is 107 Å². The molecule has 0 amide bonds. The van der Waals surface area contributed by atoms with Gasteiger partial charge in [-0.15, -0.1) is 24.7 Å². The lowest BCUT2D eigenvalue weighted by Crippen LogP contribution is -2.48. The van der Waals surface area contributed by atoms with Gasteiger partial charge in [0.15, 0.2) is 33.3 Å². The number of methoxy groups -OCH3 is 2. The van der Waals surface area contributed by atoms with Crippen molar-refractivity contribution >= 4 is 39.1 Å². The summed E-state index contributed by atoms with van der Waals surface area (Å²) in [5.41, 5.74) is 2.15. The third-order valence-corrected chi connectivity index (χ3v) is 34.7. The predicted molar refractivity (Wildman–Crippen MR) is 324 cm³/mol. The second-order valence-corrected chi connectivity index (χ2v) is 45.8. The molecule has 75 heavy (non-hydrogen) atoms. The number of aliphatic hydroxyl groups excluding tert-OH is 1. The highest BCUT2D eigenvalue weighted by molar-refractivity contribution is 6.75. The van der Waals surface area contributed by atoms with Crippen molar-refractivity contribution in [3.63, 3.8) is 0 Å². The fraction of sp³-hybridized carbons (Fsp3) is 0.721. The lowest BCUT2D eigenvalue weighted by atomic mass is 9.90. The molecule has 0 aliphatic rings. The van der Waals surface area contributed by atoms with Crippen LogP contribution in [0, 0.1) is 36.5 Å². The first-order chi connectivity index (χ1) is 34.3. The Morgan fingerprint density at radius 2 is 0.880 bits per heavy atom. The second kappa shape index (κ2) is 30.7. The average molecular weight is 1110 g/mol. The van der Waals surface area contributed by atoms with E-state index in [1.54, 1.807) is 21.1 Å². The zero-order valence-electron chi connectivity index (χ0n) is 51.6. The molecule has 2 aromatic carbocycles. The summed E-state index contributed by atoms with van der Waals surface area (Å²) in [4.78, 5) is 12.8. The Balaban J connectivity index is 0.000000750. The molecule has 0 saturated heterocycles. The molecule has 2 rings (SSSR count). The molecule has 14 heteroatoms. The van der Waals surface area contributed by atoms with E-state index in [1.165, 1.54) is 0 Å². The summed E-state index contributed by atoms with van der Waals surface area (Å²) in [6.07, 6.45) is 14.2. The predicted octanol–water partition coefficient (Wildman–Crippen LogP) is 15.4. The van der Waals surface area contributed by atoms with Crippen LogP contribution in [0.2, 0.25) is 72.5 Å². The number of benzene rings is 2. The molecule has 0 fully saturated rings. The molecular weight excluding hydrogens is 1010 g/mol. The first-order valence-corrected chi connectivity index (χ1v) is 39.1. The van der Waals surface area contributed by atoms with E-state index in [1.807, 2.05) is 48.5 Å². The Hall–Kier alpha value is -2.58. The molecule has 0 unspecified atom stereocenters. The number of Topliss-reactive ketones (excluding diaryl/α,β-unsaturated/α-hetero) is 1. The molecule has 0 aromatic heterocycles. The van der Waals surface area contributed by atoms with Gasteiger partial charge in [0.2, 0.25) is 0 Å². The van der Waals surface area contributed by atoms with Crippen LogP contribution in [-0.4, -0.2) is 103 Å². The van der Waals surface area contributed by atoms with Crippen LogP contribution in [-0.2, 0) is 45.2 Å². The Morgan fingerprint density at radius 1 is 0.547 bits per heavy atom. The van der Waals surface area contributed by atoms with Crippen LogP contribution in [0.15, 0.2) is 48.5 Å². The van der Waals surface area contributed by atoms with Gasteiger partial charge in [0.05, 0.1) is 57.8 Å². The van der Waals surface area contributed by atoms with Crippen LogP contribution < -0.4 is 9.47 Å². The molecular formula is C61H108O10Si4. The molecule has 1 N–H and O–H groups in total. The van der Waals surface area contributed by atoms with Crippen LogP contribution in [0.4, 0.5) is 0 Å². The molecule has 0 bridgehead atoms. The Morgan fingerprint density at radius 3 is 1.17 bits per heavy atom. The van der Waals surface area contributed by atoms with E-state index in [-0.39, 0.29) is 68.8 Å². The average Bonchev–Trinajstić information content (AvgIpc) is 3.29. The number of terminal acetylenes is 2. The summed E-state index contributed by atoms with van der Waals surface area (Å²) in [5.74, 6) is 6.68. The van der Waals surface area contributed by atoms with Gasteiger partial charge in [-0.3, -0.25) is 4.79 Å². The van der Waals surface area contributed by atoms with E-state index >= 15 is 0 Å². The highest BCUT2D eigenvalue weighted by Crippen LogP contribution is 2.42. The summed E-state index contributed by atoms with van der Waals surface area (Å²) < 4.78 is 50.4. The van der Waals surface area contributed by atoms with E-state index in [0.717, 1.165) is 35.5 Å². The van der Waals surface area contributed by atoms with E-state index in [4.69, 9.17) is 49.5 Å². The fourth-order valence-electron chi connectivity index (χ4n) is 7.12. The minimum atomic E-state index is -2.17. The lowest BCUT2D eigenvalue weighted by molar-refractivity contribution is -0.124. The lowest BCUT2D eigenvalue weighted by Gasteiger charge is -2.42. The number of hydrogen-bond donors (Lipinski definition) is 1. The molecule has 0 spiro atoms. The molecule has 0 aliphatic carbocycles. The van der Waals surface area contributed by atoms with Crippen molar-refractivity contribution in [2.24, 2.45) is 11.8 Å². The topological polar surface area (TPSA) is 111 Å². The third-order valence-electron chi connectivity index (χ3n) is 16.7. The Kier molecular flexibility index (Phi) is 28.8. The van der Waals surface area contributed by atoms with Crippen molar-refractivity contribution in [3.8, 4) is 36.2 Å². The maximum atomic E-state index is 12.8. The number of carbonyl (C=O) groups excluding carboxylic acids is 1. The normalized spacial score (nSPS) is 15.5. The molecule has 0 heterocycles. The molecule has 10 nitrogen and oxygen atoms in total. The van der Waals surface area contributed by atoms with Gasteiger partial charge in [0.25, 0.3) is 0 Å². The van der Waals surface area contributed by atoms with Gasteiger partial charge in [-0.25, -0.2) is 0 Å². The highest BCUT2D eigenvalue weighted by Gasteiger charge is 2.44. The highest BCUT2D eigenvalue weighted by atomic mass is 28.4. The number of aliphatic hydroxyl groups is 1. The molecule has 2 aromatic rings. The van der Waals surface area contributed by atoms with Crippen molar-refractivity contribution in [1.29, 1.82) is 0 Å². The van der Waals surface area contributed by atoms with Gasteiger partial charge in [-0.05, 0) is 141 Å². The minimum absolute atomic E-state index is 0.00480. The largest absolute Gasteiger partial charge is 0.497 e. The number of carbonyl (C=O) groups is 1. The van der Waals surface area contributed by atoms with E-state index in [9.17, 15) is 9.90 Å². The van der Waals surface area contributed by atoms with Crippen LogP contribution in [0.1, 0.15) is 140 Å². The number of ketones is 1. The number of hydrogen-bond acceptors (Lipinski definition) is 10. The summed E-state index contributed by atoms with van der Waals surface area (Å²) in [6, 6.07) is 15.9. The van der Waals surface area contributed by atoms with Crippen molar-refractivity contribution < 1.29 is 46.6 Å². The first kappa shape index (κ1) is 70.4. The summed E-state index contributed by atoms with van der Waals surface area (Å²) in [5, 5.41) is 10.6. The summed E-state index contributed by atoms with van der Waals surface area (Å²) in [7, 11) is -4.72. The monoisotopic (exact) mass is 1110 g/mol. The van der Waals surface area contributed by atoms with Crippen LogP contribution in [0.3, 0.4) is 0 Å². The van der Waals surface area contributed by atoms with Gasteiger partial charge in [-0.2, -0.15) is 0 Å². The van der Waals surface area contributed by atoms with Crippen molar-refractivity contribution in [2.75, 3.05) is 34.0 Å². The number of ether oxygens (including phenoxy) is 4. The molecule has 428 valence electrons. The smallest absolute Gasteiger partial charge is 0.192 e. The zero-order chi connectivity index (χ0) is 57.9. The van der Waals surface area contributed by atoms with Crippen molar-refractivity contribution in [1.82, 2.24) is 0 Å². The van der Waals surface area contributed by atoms with E-state index < -0.39 is 33.3 Å². The Bertz CT molecular complexity index is 2030. The molecule has 0 saturated carbocycles. The van der Waals surface area contributed by atoms with Gasteiger partial charge >= 0.3 is 0 Å². The fourth-order valence-corrected chi connectivity index (χ4v) is 12.0. The van der Waals surface area contributed by atoms with Crippen LogP contribution >= 0.6 is 0 Å². The standard InChI is InChI=1S/C31H54O5Si2.C30H54O5Si2/c1-14-15-28(24(2)32)29(36-38(12,13)31(6,7)8)22-27(20-21-35-37(10,11)30(3,4)5)34-23-25-16-18-26(33-9)19-17-25;1-13-14-25(22-31)28(35-37(11,12)30(5,6)7)21-27(19-20-34-36(9,10)29(2,3)4)33-23-24-15-17-26(32-8)18-16-24/h1,16-19,27-29H,15,20-23H2,2-13H3;1,15-18,25,27-28,31H,14,19-23H2,2-12H3/t27-,28+,29+;25-,27+,28-/m10/s1. The second-order valence-electron chi connectivity index (χ2n) is 26.6. The SMILES string of the molecule is C#CC[C@@H](C(C)=O)[C@H](C[C@@H](CCO[Si](C)(C)C(C)(C)C)OCc1ccc(OC)cc1)O[Si](C)(C)C(C)(C)C.C#CC[C@@H](CO)[C@H](C[C@@H](CCO[Si](C)(C)C(C)(C)C)OCc1ccc(OC)cc1)O[Si](C)(C)C(C)(C)C. The van der Waals surface area contributed by atoms with Crippen LogP contribution in [0.25, 0.3) is 0 Å². The summed E-state index contributed by atoms with van der Waals surface area (Å²) >= 11 is 0. The van der Waals surface area contributed by atoms with Gasteiger partial charge in [0, 0.05) is 38.6 Å². The van der Waals surface area contributed by atoms with Crippen molar-refractivity contribution in [2.45, 2.75) is 239 Å². The summed E-state index contributed by atoms with van der Waals surface area (Å²) in [6.45, 7) is 48.7. The zero-order valence-corrected chi connectivity index (χ0v) is 55.6. The minimum Gasteiger partial charge on any atom is -0.497 e. The maximum Gasteiger partial charge on any atom is 0.192 e. The number of rotatable bonds is 30. The molecule has 6 atom stereocenters. The third kappa shape index (κ3) is 24.1. The van der Waals surface area contributed by atoms with Gasteiger partial charge in [0.1, 0.15) is 17.3 Å². The Labute approximate surface area is 463 Å². The van der Waals surface area contributed by atoms with E-state index in [0.29, 0.717) is 52.1 Å². The first-order valence-electron chi connectivity index (χ1n) is 27.4. The molecule has 0 radical (unpaired) electrons.